The van der Waals surface area contributed by atoms with Crippen LogP contribution >= 0.6 is 0 Å². The van der Waals surface area contributed by atoms with Crippen LogP contribution in [0.1, 0.15) is 99.3 Å². The van der Waals surface area contributed by atoms with Crippen molar-refractivity contribution in [2.24, 2.45) is 47.3 Å². The molecule has 0 aromatic heterocycles. The van der Waals surface area contributed by atoms with Crippen LogP contribution in [0.15, 0.2) is 0 Å². The smallest absolute Gasteiger partial charge is 0.310 e. The molecule has 0 aliphatic heterocycles. The van der Waals surface area contributed by atoms with Gasteiger partial charge in [-0.05, 0) is 74.0 Å². The van der Waals surface area contributed by atoms with Gasteiger partial charge in [-0.1, -0.05) is 60.8 Å². The molecule has 0 amide bonds. The van der Waals surface area contributed by atoms with Crippen LogP contribution in [0.3, 0.4) is 0 Å². The van der Waals surface area contributed by atoms with Crippen molar-refractivity contribution in [3.05, 3.63) is 0 Å². The lowest BCUT2D eigenvalue weighted by Gasteiger charge is -2.38. The molecule has 0 radical (unpaired) electrons. The van der Waals surface area contributed by atoms with E-state index in [1.54, 1.807) is 0 Å². The van der Waals surface area contributed by atoms with Gasteiger partial charge >= 0.3 is 11.9 Å². The van der Waals surface area contributed by atoms with Gasteiger partial charge in [0, 0.05) is 0 Å². The van der Waals surface area contributed by atoms with Gasteiger partial charge in [-0.15, -0.1) is 0 Å². The average molecular weight is 435 g/mol. The van der Waals surface area contributed by atoms with Gasteiger partial charge in [0.05, 0.1) is 11.8 Å². The third kappa shape index (κ3) is 6.05. The van der Waals surface area contributed by atoms with E-state index >= 15 is 0 Å². The molecule has 0 heterocycles. The minimum atomic E-state index is -0.323. The van der Waals surface area contributed by atoms with E-state index in [9.17, 15) is 9.59 Å². The van der Waals surface area contributed by atoms with Gasteiger partial charge in [-0.25, -0.2) is 0 Å². The Hall–Kier alpha value is -1.06. The Labute approximate surface area is 190 Å². The first-order chi connectivity index (χ1) is 14.7. The quantitative estimate of drug-likeness (QED) is 0.453. The molecule has 3 aliphatic carbocycles. The van der Waals surface area contributed by atoms with Crippen LogP contribution in [-0.4, -0.2) is 24.1 Å². The molecule has 3 fully saturated rings. The van der Waals surface area contributed by atoms with Gasteiger partial charge in [0.2, 0.25) is 0 Å². The molecule has 178 valence electrons. The van der Waals surface area contributed by atoms with Crippen molar-refractivity contribution >= 4 is 11.9 Å². The molecule has 0 N–H and O–H groups in total. The van der Waals surface area contributed by atoms with Gasteiger partial charge in [0.15, 0.2) is 0 Å². The van der Waals surface area contributed by atoms with Crippen molar-refractivity contribution in [1.82, 2.24) is 0 Å². The topological polar surface area (TPSA) is 52.6 Å². The Morgan fingerprint density at radius 3 is 1.39 bits per heavy atom. The van der Waals surface area contributed by atoms with Crippen molar-refractivity contribution in [2.45, 2.75) is 112 Å². The second-order valence-electron chi connectivity index (χ2n) is 11.7. The summed E-state index contributed by atoms with van der Waals surface area (Å²) in [7, 11) is 0. The summed E-state index contributed by atoms with van der Waals surface area (Å²) in [5.41, 5.74) is 0. The molecular weight excluding hydrogens is 388 g/mol. The monoisotopic (exact) mass is 434 g/mol. The molecule has 4 heteroatoms. The molecule has 0 spiro atoms. The van der Waals surface area contributed by atoms with Crippen molar-refractivity contribution in [3.8, 4) is 0 Å². The standard InChI is InChI=1S/C27H46O4/c1-16(2)20-12-10-18(5)14-24(20)30-26(28)22-8-7-9-23(22)27(29)31-25-15-19(6)11-13-21(25)17(3)4/h16-25H,7-15H2,1-6H3/t18-,19-,20+,21+,22+,23+,24-,25-/m1/s1. The highest BCUT2D eigenvalue weighted by Crippen LogP contribution is 2.40. The van der Waals surface area contributed by atoms with E-state index in [1.807, 2.05) is 0 Å². The second-order valence-corrected chi connectivity index (χ2v) is 11.7. The molecule has 31 heavy (non-hydrogen) atoms. The average Bonchev–Trinajstić information content (AvgIpc) is 3.17. The van der Waals surface area contributed by atoms with Crippen LogP contribution in [0.4, 0.5) is 0 Å². The predicted octanol–water partition coefficient (Wildman–Crippen LogP) is 6.41. The van der Waals surface area contributed by atoms with E-state index in [1.165, 1.54) is 12.8 Å². The molecule has 0 aromatic rings. The Bertz CT molecular complexity index is 560. The molecule has 3 saturated carbocycles. The van der Waals surface area contributed by atoms with Gasteiger partial charge in [-0.2, -0.15) is 0 Å². The third-order valence-electron chi connectivity index (χ3n) is 8.58. The van der Waals surface area contributed by atoms with E-state index < -0.39 is 0 Å². The van der Waals surface area contributed by atoms with E-state index in [0.717, 1.165) is 44.9 Å². The maximum atomic E-state index is 13.2. The maximum Gasteiger partial charge on any atom is 0.310 e. The lowest BCUT2D eigenvalue weighted by molar-refractivity contribution is -0.172. The zero-order valence-corrected chi connectivity index (χ0v) is 20.8. The highest BCUT2D eigenvalue weighted by atomic mass is 16.6. The molecule has 3 aliphatic rings. The summed E-state index contributed by atoms with van der Waals surface area (Å²) < 4.78 is 12.2. The minimum Gasteiger partial charge on any atom is -0.462 e. The lowest BCUT2D eigenvalue weighted by atomic mass is 9.75. The van der Waals surface area contributed by atoms with Crippen molar-refractivity contribution in [2.75, 3.05) is 0 Å². The summed E-state index contributed by atoms with van der Waals surface area (Å²) in [4.78, 5) is 26.4. The number of hydrogen-bond acceptors (Lipinski definition) is 4. The van der Waals surface area contributed by atoms with Gasteiger partial charge in [0.25, 0.3) is 0 Å². The van der Waals surface area contributed by atoms with Crippen molar-refractivity contribution in [3.63, 3.8) is 0 Å². The van der Waals surface area contributed by atoms with Crippen LogP contribution in [0.2, 0.25) is 0 Å². The van der Waals surface area contributed by atoms with Crippen molar-refractivity contribution in [1.29, 1.82) is 0 Å². The molecule has 0 unspecified atom stereocenters. The number of esters is 2. The molecule has 8 atom stereocenters. The Kier molecular flexibility index (Phi) is 8.49. The zero-order chi connectivity index (χ0) is 22.7. The first-order valence-electron chi connectivity index (χ1n) is 13.1. The van der Waals surface area contributed by atoms with E-state index in [-0.39, 0.29) is 36.0 Å². The van der Waals surface area contributed by atoms with Gasteiger partial charge < -0.3 is 9.47 Å². The zero-order valence-electron chi connectivity index (χ0n) is 20.8. The number of rotatable bonds is 6. The van der Waals surface area contributed by atoms with Crippen LogP contribution in [0.5, 0.6) is 0 Å². The third-order valence-corrected chi connectivity index (χ3v) is 8.58. The van der Waals surface area contributed by atoms with Gasteiger partial charge in [-0.3, -0.25) is 9.59 Å². The van der Waals surface area contributed by atoms with Gasteiger partial charge in [0.1, 0.15) is 12.2 Å². The van der Waals surface area contributed by atoms with Crippen LogP contribution in [0, 0.1) is 47.3 Å². The summed E-state index contributed by atoms with van der Waals surface area (Å²) in [6.07, 6.45) is 8.99. The molecular formula is C27H46O4. The number of carbonyl (C=O) groups excluding carboxylic acids is 2. The van der Waals surface area contributed by atoms with Crippen molar-refractivity contribution < 1.29 is 19.1 Å². The SMILES string of the molecule is CC(C)[C@@H]1CC[C@@H](C)C[C@H]1OC(=O)[C@H]1CCC[C@@H]1C(=O)O[C@@H]1C[C@H](C)CC[C@H]1C(C)C. The fourth-order valence-corrected chi connectivity index (χ4v) is 6.50. The lowest BCUT2D eigenvalue weighted by Crippen LogP contribution is -2.40. The number of carbonyl (C=O) groups is 2. The Morgan fingerprint density at radius 2 is 1.03 bits per heavy atom. The van der Waals surface area contributed by atoms with E-state index in [0.29, 0.717) is 35.5 Å². The van der Waals surface area contributed by atoms with E-state index in [4.69, 9.17) is 9.47 Å². The molecule has 0 saturated heterocycles. The molecule has 3 rings (SSSR count). The van der Waals surface area contributed by atoms with Crippen LogP contribution in [-0.2, 0) is 19.1 Å². The highest BCUT2D eigenvalue weighted by Gasteiger charge is 2.44. The summed E-state index contributed by atoms with van der Waals surface area (Å²) in [6, 6.07) is 0. The van der Waals surface area contributed by atoms with E-state index in [2.05, 4.69) is 41.5 Å². The first-order valence-corrected chi connectivity index (χ1v) is 13.1. The van der Waals surface area contributed by atoms with Crippen LogP contribution < -0.4 is 0 Å². The first kappa shape index (κ1) is 24.6. The number of hydrogen-bond donors (Lipinski definition) is 0. The summed E-state index contributed by atoms with van der Waals surface area (Å²) in [5.74, 6) is 2.13. The predicted molar refractivity (Wildman–Crippen MR) is 123 cm³/mol. The minimum absolute atomic E-state index is 0.00182. The summed E-state index contributed by atoms with van der Waals surface area (Å²) in [6.45, 7) is 13.4. The maximum absolute atomic E-state index is 13.2. The largest absolute Gasteiger partial charge is 0.462 e. The molecule has 0 bridgehead atoms. The number of ether oxygens (including phenoxy) is 2. The normalized spacial score (nSPS) is 39.0. The Morgan fingerprint density at radius 1 is 0.645 bits per heavy atom. The second kappa shape index (κ2) is 10.7. The molecule has 0 aromatic carbocycles. The summed E-state index contributed by atoms with van der Waals surface area (Å²) >= 11 is 0. The summed E-state index contributed by atoms with van der Waals surface area (Å²) in [5, 5.41) is 0. The van der Waals surface area contributed by atoms with Crippen LogP contribution in [0.25, 0.3) is 0 Å². The highest BCUT2D eigenvalue weighted by molar-refractivity contribution is 5.83. The fourth-order valence-electron chi connectivity index (χ4n) is 6.50. The fraction of sp³-hybridized carbons (Fsp3) is 0.926. The molecule has 4 nitrogen and oxygen atoms in total. The Balaban J connectivity index is 1.62.